The highest BCUT2D eigenvalue weighted by Crippen LogP contribution is 2.32. The molecule has 1 saturated heterocycles. The van der Waals surface area contributed by atoms with Crippen molar-refractivity contribution < 1.29 is 14.0 Å². The SMILES string of the molecule is Cc1c(NC(=O)CCN2C(=O)C(=Cc3ccc(F)cc3)SC2=S)c(=O)n(-c2ccccc2)n1C. The van der Waals surface area contributed by atoms with Gasteiger partial charge in [-0.2, -0.15) is 0 Å². The molecular formula is C24H21FN4O3S2. The van der Waals surface area contributed by atoms with Gasteiger partial charge in [-0.15, -0.1) is 0 Å². The van der Waals surface area contributed by atoms with E-state index in [4.69, 9.17) is 12.2 Å². The Labute approximate surface area is 204 Å². The van der Waals surface area contributed by atoms with Gasteiger partial charge in [-0.25, -0.2) is 9.07 Å². The molecule has 0 aliphatic carbocycles. The van der Waals surface area contributed by atoms with Crippen molar-refractivity contribution in [3.8, 4) is 5.69 Å². The molecule has 1 aromatic heterocycles. The Morgan fingerprint density at radius 1 is 1.12 bits per heavy atom. The minimum atomic E-state index is -0.400. The van der Waals surface area contributed by atoms with Crippen molar-refractivity contribution in [2.75, 3.05) is 11.9 Å². The molecule has 2 aromatic carbocycles. The first kappa shape index (κ1) is 23.7. The van der Waals surface area contributed by atoms with Gasteiger partial charge in [0, 0.05) is 20.0 Å². The summed E-state index contributed by atoms with van der Waals surface area (Å²) >= 11 is 6.44. The van der Waals surface area contributed by atoms with Crippen molar-refractivity contribution in [3.05, 3.63) is 86.9 Å². The molecule has 174 valence electrons. The van der Waals surface area contributed by atoms with Crippen LogP contribution >= 0.6 is 24.0 Å². The minimum Gasteiger partial charge on any atom is -0.320 e. The Morgan fingerprint density at radius 2 is 1.79 bits per heavy atom. The predicted octanol–water partition coefficient (Wildman–Crippen LogP) is 3.85. The van der Waals surface area contributed by atoms with Gasteiger partial charge in [-0.3, -0.25) is 24.0 Å². The van der Waals surface area contributed by atoms with E-state index in [9.17, 15) is 18.8 Å². The largest absolute Gasteiger partial charge is 0.320 e. The quantitative estimate of drug-likeness (QED) is 0.414. The molecule has 34 heavy (non-hydrogen) atoms. The van der Waals surface area contributed by atoms with Crippen molar-refractivity contribution in [3.63, 3.8) is 0 Å². The van der Waals surface area contributed by atoms with Gasteiger partial charge < -0.3 is 5.32 Å². The highest BCUT2D eigenvalue weighted by Gasteiger charge is 2.32. The van der Waals surface area contributed by atoms with E-state index in [1.807, 2.05) is 18.2 Å². The van der Waals surface area contributed by atoms with Gasteiger partial charge in [-0.05, 0) is 42.8 Å². The van der Waals surface area contributed by atoms with Crippen molar-refractivity contribution in [1.82, 2.24) is 14.3 Å². The fraction of sp³-hybridized carbons (Fsp3) is 0.167. The number of carbonyl (C=O) groups excluding carboxylic acids is 2. The second-order valence-corrected chi connectivity index (χ2v) is 9.30. The summed E-state index contributed by atoms with van der Waals surface area (Å²) in [5.74, 6) is -1.07. The van der Waals surface area contributed by atoms with E-state index in [2.05, 4.69) is 5.32 Å². The summed E-state index contributed by atoms with van der Waals surface area (Å²) in [6.07, 6.45) is 1.60. The zero-order valence-electron chi connectivity index (χ0n) is 18.4. The molecule has 1 aliphatic heterocycles. The number of thiocarbonyl (C=S) groups is 1. The zero-order valence-corrected chi connectivity index (χ0v) is 20.1. The molecule has 4 rings (SSSR count). The number of halogens is 1. The van der Waals surface area contributed by atoms with Crippen LogP contribution in [0.25, 0.3) is 11.8 Å². The molecule has 7 nitrogen and oxygen atoms in total. The Morgan fingerprint density at radius 3 is 2.47 bits per heavy atom. The Bertz CT molecular complexity index is 1360. The van der Waals surface area contributed by atoms with Crippen LogP contribution in [-0.2, 0) is 16.6 Å². The second kappa shape index (κ2) is 9.78. The molecule has 0 saturated carbocycles. The predicted molar refractivity (Wildman–Crippen MR) is 135 cm³/mol. The average Bonchev–Trinajstić information content (AvgIpc) is 3.20. The third kappa shape index (κ3) is 4.73. The van der Waals surface area contributed by atoms with Gasteiger partial charge in [0.1, 0.15) is 15.8 Å². The third-order valence-electron chi connectivity index (χ3n) is 5.42. The van der Waals surface area contributed by atoms with E-state index in [1.54, 1.807) is 49.0 Å². The Kier molecular flexibility index (Phi) is 6.80. The number of benzene rings is 2. The van der Waals surface area contributed by atoms with E-state index in [-0.39, 0.29) is 35.9 Å². The molecule has 1 fully saturated rings. The molecule has 0 unspecified atom stereocenters. The van der Waals surface area contributed by atoms with Crippen molar-refractivity contribution in [2.45, 2.75) is 13.3 Å². The van der Waals surface area contributed by atoms with Crippen LogP contribution < -0.4 is 10.9 Å². The lowest BCUT2D eigenvalue weighted by Gasteiger charge is -2.13. The lowest BCUT2D eigenvalue weighted by Crippen LogP contribution is -2.32. The number of nitrogens with zero attached hydrogens (tertiary/aromatic N) is 3. The summed E-state index contributed by atoms with van der Waals surface area (Å²) in [6, 6.07) is 14.9. The molecule has 1 N–H and O–H groups in total. The molecule has 2 heterocycles. The summed E-state index contributed by atoms with van der Waals surface area (Å²) in [7, 11) is 1.74. The van der Waals surface area contributed by atoms with E-state index in [0.717, 1.165) is 11.8 Å². The van der Waals surface area contributed by atoms with Crippen LogP contribution in [0, 0.1) is 12.7 Å². The topological polar surface area (TPSA) is 76.3 Å². The molecule has 0 radical (unpaired) electrons. The number of amides is 2. The van der Waals surface area contributed by atoms with Crippen LogP contribution in [0.3, 0.4) is 0 Å². The number of hydrogen-bond donors (Lipinski definition) is 1. The summed E-state index contributed by atoms with van der Waals surface area (Å²) in [4.78, 5) is 40.1. The fourth-order valence-corrected chi connectivity index (χ4v) is 4.84. The first-order valence-corrected chi connectivity index (χ1v) is 11.6. The lowest BCUT2D eigenvalue weighted by molar-refractivity contribution is -0.122. The van der Waals surface area contributed by atoms with Crippen LogP contribution in [0.1, 0.15) is 17.7 Å². The first-order valence-electron chi connectivity index (χ1n) is 10.4. The monoisotopic (exact) mass is 496 g/mol. The number of hydrogen-bond acceptors (Lipinski definition) is 5. The van der Waals surface area contributed by atoms with Crippen LogP contribution in [0.5, 0.6) is 0 Å². The maximum atomic E-state index is 13.1. The Balaban J connectivity index is 1.44. The number of thioether (sulfide) groups is 1. The van der Waals surface area contributed by atoms with Gasteiger partial charge in [-0.1, -0.05) is 54.3 Å². The number of carbonyl (C=O) groups is 2. The average molecular weight is 497 g/mol. The number of rotatable bonds is 6. The summed E-state index contributed by atoms with van der Waals surface area (Å²) in [6.45, 7) is 1.83. The zero-order chi connectivity index (χ0) is 24.4. The second-order valence-electron chi connectivity index (χ2n) is 7.62. The standard InChI is InChI=1S/C24H21FN4O3S2/c1-15-21(23(32)29(27(15)2)18-6-4-3-5-7-18)26-20(30)12-13-28-22(31)19(34-24(28)33)14-16-8-10-17(25)11-9-16/h3-11,14H,12-13H2,1-2H3,(H,26,30). The van der Waals surface area contributed by atoms with Crippen LogP contribution in [0.15, 0.2) is 64.3 Å². The molecule has 0 bridgehead atoms. The van der Waals surface area contributed by atoms with E-state index in [0.29, 0.717) is 26.2 Å². The maximum Gasteiger partial charge on any atom is 0.295 e. The molecule has 2 amide bonds. The molecule has 0 spiro atoms. The van der Waals surface area contributed by atoms with Crippen molar-refractivity contribution >= 4 is 51.9 Å². The fourth-order valence-electron chi connectivity index (χ4n) is 3.53. The van der Waals surface area contributed by atoms with E-state index < -0.39 is 5.91 Å². The molecular weight excluding hydrogens is 475 g/mol. The van der Waals surface area contributed by atoms with Gasteiger partial charge >= 0.3 is 0 Å². The summed E-state index contributed by atoms with van der Waals surface area (Å²) in [5.41, 5.74) is 1.82. The van der Waals surface area contributed by atoms with Gasteiger partial charge in [0.05, 0.1) is 16.3 Å². The first-order chi connectivity index (χ1) is 16.3. The van der Waals surface area contributed by atoms with Crippen LogP contribution in [0.4, 0.5) is 10.1 Å². The normalized spacial score (nSPS) is 14.8. The third-order valence-corrected chi connectivity index (χ3v) is 6.80. The molecule has 10 heteroatoms. The van der Waals surface area contributed by atoms with Crippen molar-refractivity contribution in [2.24, 2.45) is 7.05 Å². The van der Waals surface area contributed by atoms with Gasteiger partial charge in [0.25, 0.3) is 11.5 Å². The highest BCUT2D eigenvalue weighted by molar-refractivity contribution is 8.26. The smallest absolute Gasteiger partial charge is 0.295 e. The van der Waals surface area contributed by atoms with Crippen molar-refractivity contribution in [1.29, 1.82) is 0 Å². The van der Waals surface area contributed by atoms with E-state index in [1.165, 1.54) is 21.7 Å². The number of anilines is 1. The Hall–Kier alpha value is -3.50. The summed E-state index contributed by atoms with van der Waals surface area (Å²) < 4.78 is 16.6. The molecule has 3 aromatic rings. The van der Waals surface area contributed by atoms with Gasteiger partial charge in [0.2, 0.25) is 5.91 Å². The molecule has 0 atom stereocenters. The minimum absolute atomic E-state index is 0.0324. The number of para-hydroxylation sites is 1. The van der Waals surface area contributed by atoms with Crippen LogP contribution in [0.2, 0.25) is 0 Å². The highest BCUT2D eigenvalue weighted by atomic mass is 32.2. The van der Waals surface area contributed by atoms with E-state index >= 15 is 0 Å². The number of nitrogens with one attached hydrogen (secondary N) is 1. The lowest BCUT2D eigenvalue weighted by atomic mass is 10.2. The van der Waals surface area contributed by atoms with Crippen LogP contribution in [-0.4, -0.2) is 36.9 Å². The number of aromatic nitrogens is 2. The maximum absolute atomic E-state index is 13.1. The summed E-state index contributed by atoms with van der Waals surface area (Å²) in [5, 5.41) is 2.69. The molecule has 1 aliphatic rings. The van der Waals surface area contributed by atoms with Gasteiger partial charge in [0.15, 0.2) is 0 Å².